The van der Waals surface area contributed by atoms with E-state index in [9.17, 15) is 0 Å². The summed E-state index contributed by atoms with van der Waals surface area (Å²) in [5.41, 5.74) is 2.11. The molecule has 1 atom stereocenters. The molecule has 2 aliphatic rings. The summed E-state index contributed by atoms with van der Waals surface area (Å²) >= 11 is 6.16. The second kappa shape index (κ2) is 4.28. The average Bonchev–Trinajstić information content (AvgIpc) is 2.79. The SMILES string of the molecule is Clc1nc(C2CCCOC2)nc2c1CNC2. The zero-order chi connectivity index (χ0) is 11.0. The molecule has 0 saturated carbocycles. The van der Waals surface area contributed by atoms with Crippen LogP contribution in [0.1, 0.15) is 35.8 Å². The normalized spacial score (nSPS) is 24.4. The lowest BCUT2D eigenvalue weighted by atomic mass is 10.0. The molecule has 0 aliphatic carbocycles. The molecule has 1 aromatic heterocycles. The molecule has 4 nitrogen and oxygen atoms in total. The first kappa shape index (κ1) is 10.4. The van der Waals surface area contributed by atoms with Crippen LogP contribution in [0.3, 0.4) is 0 Å². The van der Waals surface area contributed by atoms with E-state index in [1.165, 1.54) is 0 Å². The van der Waals surface area contributed by atoms with Gasteiger partial charge in [0.1, 0.15) is 11.0 Å². The molecule has 1 fully saturated rings. The van der Waals surface area contributed by atoms with E-state index >= 15 is 0 Å². The van der Waals surface area contributed by atoms with Crippen LogP contribution in [0.4, 0.5) is 0 Å². The van der Waals surface area contributed by atoms with Gasteiger partial charge in [-0.3, -0.25) is 0 Å². The molecular weight excluding hydrogens is 226 g/mol. The molecule has 0 bridgehead atoms. The van der Waals surface area contributed by atoms with Gasteiger partial charge in [0.25, 0.3) is 0 Å². The highest BCUT2D eigenvalue weighted by Crippen LogP contribution is 2.27. The van der Waals surface area contributed by atoms with Crippen molar-refractivity contribution in [3.8, 4) is 0 Å². The third kappa shape index (κ3) is 1.81. The molecule has 3 heterocycles. The van der Waals surface area contributed by atoms with Gasteiger partial charge in [-0.2, -0.15) is 0 Å². The van der Waals surface area contributed by atoms with Crippen molar-refractivity contribution in [1.82, 2.24) is 15.3 Å². The molecule has 16 heavy (non-hydrogen) atoms. The van der Waals surface area contributed by atoms with Gasteiger partial charge in [0.15, 0.2) is 0 Å². The number of fused-ring (bicyclic) bond motifs is 1. The largest absolute Gasteiger partial charge is 0.381 e. The fraction of sp³-hybridized carbons (Fsp3) is 0.636. The molecule has 1 aromatic rings. The van der Waals surface area contributed by atoms with Gasteiger partial charge in [-0.15, -0.1) is 0 Å². The molecular formula is C11H14ClN3O. The van der Waals surface area contributed by atoms with Crippen LogP contribution in [-0.2, 0) is 17.8 Å². The van der Waals surface area contributed by atoms with Crippen LogP contribution in [0, 0.1) is 0 Å². The van der Waals surface area contributed by atoms with Gasteiger partial charge in [0, 0.05) is 31.2 Å². The lowest BCUT2D eigenvalue weighted by molar-refractivity contribution is 0.0780. The van der Waals surface area contributed by atoms with Crippen LogP contribution >= 0.6 is 11.6 Å². The number of hydrogen-bond acceptors (Lipinski definition) is 4. The third-order valence-corrected chi connectivity index (χ3v) is 3.49. The zero-order valence-corrected chi connectivity index (χ0v) is 9.76. The van der Waals surface area contributed by atoms with Crippen LogP contribution in [0.15, 0.2) is 0 Å². The number of ether oxygens (including phenoxy) is 1. The van der Waals surface area contributed by atoms with E-state index < -0.39 is 0 Å². The summed E-state index contributed by atoms with van der Waals surface area (Å²) in [4.78, 5) is 9.00. The second-order valence-electron chi connectivity index (χ2n) is 4.32. The van der Waals surface area contributed by atoms with Gasteiger partial charge in [-0.25, -0.2) is 9.97 Å². The molecule has 0 aromatic carbocycles. The number of hydrogen-bond donors (Lipinski definition) is 1. The quantitative estimate of drug-likeness (QED) is 0.757. The maximum Gasteiger partial charge on any atom is 0.137 e. The molecule has 2 aliphatic heterocycles. The summed E-state index contributed by atoms with van der Waals surface area (Å²) in [6.45, 7) is 3.17. The average molecular weight is 240 g/mol. The summed E-state index contributed by atoms with van der Waals surface area (Å²) in [5.74, 6) is 1.17. The van der Waals surface area contributed by atoms with E-state index in [0.29, 0.717) is 11.1 Å². The van der Waals surface area contributed by atoms with E-state index in [4.69, 9.17) is 16.3 Å². The number of nitrogens with one attached hydrogen (secondary N) is 1. The highest BCUT2D eigenvalue weighted by molar-refractivity contribution is 6.30. The Hall–Kier alpha value is -0.710. The van der Waals surface area contributed by atoms with E-state index in [2.05, 4.69) is 15.3 Å². The summed E-state index contributed by atoms with van der Waals surface area (Å²) in [6, 6.07) is 0. The minimum Gasteiger partial charge on any atom is -0.381 e. The molecule has 3 rings (SSSR count). The Labute approximate surface area is 99.4 Å². The van der Waals surface area contributed by atoms with Gasteiger partial charge in [-0.05, 0) is 12.8 Å². The van der Waals surface area contributed by atoms with Gasteiger partial charge < -0.3 is 10.1 Å². The highest BCUT2D eigenvalue weighted by atomic mass is 35.5. The van der Waals surface area contributed by atoms with E-state index in [-0.39, 0.29) is 0 Å². The van der Waals surface area contributed by atoms with Crippen molar-refractivity contribution in [3.63, 3.8) is 0 Å². The molecule has 1 unspecified atom stereocenters. The first-order chi connectivity index (χ1) is 7.84. The summed E-state index contributed by atoms with van der Waals surface area (Å²) in [6.07, 6.45) is 2.18. The van der Waals surface area contributed by atoms with Crippen molar-refractivity contribution in [2.24, 2.45) is 0 Å². The Kier molecular flexibility index (Phi) is 2.79. The van der Waals surface area contributed by atoms with Gasteiger partial charge in [0.2, 0.25) is 0 Å². The third-order valence-electron chi connectivity index (χ3n) is 3.18. The predicted octanol–water partition coefficient (Wildman–Crippen LogP) is 1.63. The highest BCUT2D eigenvalue weighted by Gasteiger charge is 2.23. The standard InChI is InChI=1S/C11H14ClN3O/c12-10-8-4-13-5-9(8)14-11(15-10)7-2-1-3-16-6-7/h7,13H,1-6H2. The Morgan fingerprint density at radius 3 is 3.06 bits per heavy atom. The monoisotopic (exact) mass is 239 g/mol. The van der Waals surface area contributed by atoms with Gasteiger partial charge in [-0.1, -0.05) is 11.6 Å². The Morgan fingerprint density at radius 2 is 2.25 bits per heavy atom. The van der Waals surface area contributed by atoms with Crippen molar-refractivity contribution in [2.75, 3.05) is 13.2 Å². The minimum absolute atomic E-state index is 0.317. The van der Waals surface area contributed by atoms with Crippen LogP contribution < -0.4 is 5.32 Å². The van der Waals surface area contributed by atoms with Crippen molar-refractivity contribution < 1.29 is 4.74 Å². The maximum atomic E-state index is 6.16. The predicted molar refractivity (Wildman–Crippen MR) is 60.4 cm³/mol. The van der Waals surface area contributed by atoms with Gasteiger partial charge >= 0.3 is 0 Å². The second-order valence-corrected chi connectivity index (χ2v) is 4.67. The molecule has 1 N–H and O–H groups in total. The van der Waals surface area contributed by atoms with Crippen molar-refractivity contribution in [2.45, 2.75) is 31.8 Å². The van der Waals surface area contributed by atoms with Crippen LogP contribution in [-0.4, -0.2) is 23.2 Å². The lowest BCUT2D eigenvalue weighted by Gasteiger charge is -2.21. The lowest BCUT2D eigenvalue weighted by Crippen LogP contribution is -2.18. The number of rotatable bonds is 1. The van der Waals surface area contributed by atoms with Crippen LogP contribution in [0.25, 0.3) is 0 Å². The van der Waals surface area contributed by atoms with Crippen LogP contribution in [0.5, 0.6) is 0 Å². The van der Waals surface area contributed by atoms with E-state index in [1.54, 1.807) is 0 Å². The smallest absolute Gasteiger partial charge is 0.137 e. The number of nitrogens with zero attached hydrogens (tertiary/aromatic N) is 2. The molecule has 0 radical (unpaired) electrons. The van der Waals surface area contributed by atoms with E-state index in [0.717, 1.165) is 56.2 Å². The summed E-state index contributed by atoms with van der Waals surface area (Å²) in [7, 11) is 0. The van der Waals surface area contributed by atoms with E-state index in [1.807, 2.05) is 0 Å². The number of halogens is 1. The zero-order valence-electron chi connectivity index (χ0n) is 9.00. The summed E-state index contributed by atoms with van der Waals surface area (Å²) < 4.78 is 5.46. The molecule has 0 spiro atoms. The first-order valence-electron chi connectivity index (χ1n) is 5.68. The fourth-order valence-electron chi connectivity index (χ4n) is 2.27. The Balaban J connectivity index is 1.92. The van der Waals surface area contributed by atoms with Crippen molar-refractivity contribution >= 4 is 11.6 Å². The van der Waals surface area contributed by atoms with Crippen molar-refractivity contribution in [1.29, 1.82) is 0 Å². The fourth-order valence-corrected chi connectivity index (χ4v) is 2.53. The topological polar surface area (TPSA) is 47.0 Å². The molecule has 0 amide bonds. The van der Waals surface area contributed by atoms with Crippen LogP contribution in [0.2, 0.25) is 5.15 Å². The molecule has 86 valence electrons. The first-order valence-corrected chi connectivity index (χ1v) is 6.06. The summed E-state index contributed by atoms with van der Waals surface area (Å²) in [5, 5.41) is 3.85. The molecule has 5 heteroatoms. The van der Waals surface area contributed by atoms with Crippen molar-refractivity contribution in [3.05, 3.63) is 22.2 Å². The molecule has 1 saturated heterocycles. The minimum atomic E-state index is 0.317. The maximum absolute atomic E-state index is 6.16. The Morgan fingerprint density at radius 1 is 1.31 bits per heavy atom. The Bertz CT molecular complexity index is 404. The number of aromatic nitrogens is 2. The van der Waals surface area contributed by atoms with Gasteiger partial charge in [0.05, 0.1) is 12.3 Å².